The van der Waals surface area contributed by atoms with Crippen LogP contribution in [0.3, 0.4) is 0 Å². The first-order chi connectivity index (χ1) is 5.38. The summed E-state index contributed by atoms with van der Waals surface area (Å²) < 4.78 is 2.48. The molecule has 0 aliphatic carbocycles. The van der Waals surface area contributed by atoms with Crippen LogP contribution in [0.1, 0.15) is 6.92 Å². The second-order valence-electron chi connectivity index (χ2n) is 1.78. The molecule has 0 unspecified atom stereocenters. The first kappa shape index (κ1) is 11.9. The summed E-state index contributed by atoms with van der Waals surface area (Å²) in [6, 6.07) is 0. The first-order valence-corrected chi connectivity index (χ1v) is 4.16. The molecule has 0 atom stereocenters. The van der Waals surface area contributed by atoms with E-state index >= 15 is 0 Å². The van der Waals surface area contributed by atoms with Gasteiger partial charge in [-0.05, 0) is 6.92 Å². The van der Waals surface area contributed by atoms with E-state index in [2.05, 4.69) is 4.74 Å². The van der Waals surface area contributed by atoms with Gasteiger partial charge in [-0.15, -0.1) is 0 Å². The number of alkyl halides is 3. The van der Waals surface area contributed by atoms with Crippen molar-refractivity contribution < 1.29 is 14.6 Å². The van der Waals surface area contributed by atoms with E-state index in [4.69, 9.17) is 39.9 Å². The maximum Gasteiger partial charge on any atom is 0.334 e. The highest BCUT2D eigenvalue weighted by atomic mass is 35.6. The Labute approximate surface area is 84.9 Å². The molecule has 0 heterocycles. The lowest BCUT2D eigenvalue weighted by atomic mass is 10.5. The minimum atomic E-state index is -1.98. The monoisotopic (exact) mass is 232 g/mol. The van der Waals surface area contributed by atoms with E-state index in [1.54, 1.807) is 6.92 Å². The Morgan fingerprint density at radius 2 is 2.08 bits per heavy atom. The largest absolute Gasteiger partial charge is 0.507 e. The Bertz CT molecular complexity index is 195. The zero-order valence-electron chi connectivity index (χ0n) is 6.18. The molecule has 0 saturated heterocycles. The van der Waals surface area contributed by atoms with Crippen LogP contribution in [0.25, 0.3) is 0 Å². The molecule has 0 aliphatic heterocycles. The van der Waals surface area contributed by atoms with E-state index in [1.807, 2.05) is 0 Å². The molecule has 70 valence electrons. The van der Waals surface area contributed by atoms with Crippen molar-refractivity contribution in [1.29, 1.82) is 0 Å². The lowest BCUT2D eigenvalue weighted by Crippen LogP contribution is -2.10. The summed E-state index contributed by atoms with van der Waals surface area (Å²) >= 11 is 15.7. The minimum Gasteiger partial charge on any atom is -0.507 e. The topological polar surface area (TPSA) is 46.5 Å². The van der Waals surface area contributed by atoms with E-state index in [-0.39, 0.29) is 6.61 Å². The zero-order valence-corrected chi connectivity index (χ0v) is 8.45. The quantitative estimate of drug-likeness (QED) is 0.345. The van der Waals surface area contributed by atoms with E-state index in [0.29, 0.717) is 0 Å². The zero-order chi connectivity index (χ0) is 9.78. The Kier molecular flexibility index (Phi) is 4.75. The predicted molar refractivity (Wildman–Crippen MR) is 47.6 cm³/mol. The van der Waals surface area contributed by atoms with Crippen molar-refractivity contribution in [3.05, 3.63) is 11.8 Å². The van der Waals surface area contributed by atoms with Gasteiger partial charge in [0.1, 0.15) is 0 Å². The minimum absolute atomic E-state index is 0.197. The van der Waals surface area contributed by atoms with Gasteiger partial charge in [0.2, 0.25) is 3.79 Å². The predicted octanol–water partition coefficient (Wildman–Crippen LogP) is 2.36. The van der Waals surface area contributed by atoms with Gasteiger partial charge in [-0.1, -0.05) is 34.8 Å². The second kappa shape index (κ2) is 4.80. The van der Waals surface area contributed by atoms with Crippen LogP contribution in [0.2, 0.25) is 0 Å². The van der Waals surface area contributed by atoms with Gasteiger partial charge in [-0.2, -0.15) is 0 Å². The number of rotatable bonds is 2. The highest BCUT2D eigenvalue weighted by molar-refractivity contribution is 6.69. The molecule has 3 nitrogen and oxygen atoms in total. The number of halogens is 3. The highest BCUT2D eigenvalue weighted by Crippen LogP contribution is 2.32. The molecular weight excluding hydrogens is 226 g/mol. The van der Waals surface area contributed by atoms with Crippen LogP contribution in [0.5, 0.6) is 0 Å². The molecule has 0 aromatic rings. The third kappa shape index (κ3) is 4.70. The number of ether oxygens (including phenoxy) is 1. The normalized spacial score (nSPS) is 12.8. The standard InChI is InChI=1S/C6H7Cl3O3/c1-2-12-5(11)3-4(10)6(7,8)9/h3,10H,2H2,1H3/b4-3-. The molecule has 0 rings (SSSR count). The summed E-state index contributed by atoms with van der Waals surface area (Å²) in [5.41, 5.74) is 0. The maximum absolute atomic E-state index is 10.7. The van der Waals surface area contributed by atoms with E-state index in [9.17, 15) is 4.79 Å². The lowest BCUT2D eigenvalue weighted by molar-refractivity contribution is -0.137. The number of carbonyl (C=O) groups is 1. The van der Waals surface area contributed by atoms with Crippen LogP contribution in [0.15, 0.2) is 11.8 Å². The Morgan fingerprint density at radius 1 is 1.58 bits per heavy atom. The fourth-order valence-corrected chi connectivity index (χ4v) is 0.541. The number of aliphatic hydroxyl groups is 1. The molecule has 0 saturated carbocycles. The van der Waals surface area contributed by atoms with Gasteiger partial charge in [-0.3, -0.25) is 0 Å². The molecule has 0 aliphatic rings. The summed E-state index contributed by atoms with van der Waals surface area (Å²) in [6.07, 6.45) is 0.719. The van der Waals surface area contributed by atoms with Crippen LogP contribution >= 0.6 is 34.8 Å². The lowest BCUT2D eigenvalue weighted by Gasteiger charge is -2.08. The van der Waals surface area contributed by atoms with Crippen molar-refractivity contribution in [2.45, 2.75) is 10.7 Å². The van der Waals surface area contributed by atoms with Crippen molar-refractivity contribution in [1.82, 2.24) is 0 Å². The number of hydrogen-bond acceptors (Lipinski definition) is 3. The van der Waals surface area contributed by atoms with Gasteiger partial charge in [0.15, 0.2) is 5.76 Å². The number of aliphatic hydroxyl groups excluding tert-OH is 1. The van der Waals surface area contributed by atoms with E-state index in [0.717, 1.165) is 6.08 Å². The SMILES string of the molecule is CCOC(=O)/C=C(\O)C(Cl)(Cl)Cl. The van der Waals surface area contributed by atoms with E-state index < -0.39 is 15.5 Å². The molecule has 0 amide bonds. The number of carbonyl (C=O) groups excluding carboxylic acids is 1. The number of esters is 1. The van der Waals surface area contributed by atoms with Gasteiger partial charge < -0.3 is 9.84 Å². The summed E-state index contributed by atoms with van der Waals surface area (Å²) in [4.78, 5) is 10.7. The van der Waals surface area contributed by atoms with Crippen molar-refractivity contribution in [2.24, 2.45) is 0 Å². The van der Waals surface area contributed by atoms with Crippen LogP contribution in [-0.2, 0) is 9.53 Å². The first-order valence-electron chi connectivity index (χ1n) is 3.02. The van der Waals surface area contributed by atoms with Crippen molar-refractivity contribution in [3.63, 3.8) is 0 Å². The fourth-order valence-electron chi connectivity index (χ4n) is 0.377. The molecule has 0 aromatic heterocycles. The molecule has 0 aromatic carbocycles. The van der Waals surface area contributed by atoms with Gasteiger partial charge >= 0.3 is 5.97 Å². The van der Waals surface area contributed by atoms with Crippen LogP contribution in [-0.4, -0.2) is 21.5 Å². The number of hydrogen-bond donors (Lipinski definition) is 1. The highest BCUT2D eigenvalue weighted by Gasteiger charge is 2.26. The van der Waals surface area contributed by atoms with Crippen LogP contribution < -0.4 is 0 Å². The summed E-state index contributed by atoms with van der Waals surface area (Å²) in [6.45, 7) is 1.82. The molecule has 0 spiro atoms. The molecule has 0 radical (unpaired) electrons. The Balaban J connectivity index is 4.26. The third-order valence-electron chi connectivity index (χ3n) is 0.832. The Hall–Kier alpha value is -0.120. The van der Waals surface area contributed by atoms with Gasteiger partial charge in [-0.25, -0.2) is 4.79 Å². The molecule has 0 fully saturated rings. The fraction of sp³-hybridized carbons (Fsp3) is 0.500. The van der Waals surface area contributed by atoms with Crippen molar-refractivity contribution in [2.75, 3.05) is 6.61 Å². The van der Waals surface area contributed by atoms with Gasteiger partial charge in [0.25, 0.3) is 0 Å². The molecular formula is C6H7Cl3O3. The summed E-state index contributed by atoms with van der Waals surface area (Å²) in [5, 5.41) is 8.95. The summed E-state index contributed by atoms with van der Waals surface area (Å²) in [5.74, 6) is -1.41. The van der Waals surface area contributed by atoms with Crippen molar-refractivity contribution >= 4 is 40.8 Å². The van der Waals surface area contributed by atoms with Crippen LogP contribution in [0.4, 0.5) is 0 Å². The third-order valence-corrected chi connectivity index (χ3v) is 1.41. The average molecular weight is 233 g/mol. The second-order valence-corrected chi connectivity index (χ2v) is 4.06. The Morgan fingerprint density at radius 3 is 2.42 bits per heavy atom. The average Bonchev–Trinajstić information content (AvgIpc) is 1.85. The van der Waals surface area contributed by atoms with E-state index in [1.165, 1.54) is 0 Å². The van der Waals surface area contributed by atoms with Crippen molar-refractivity contribution in [3.8, 4) is 0 Å². The van der Waals surface area contributed by atoms with Gasteiger partial charge in [0.05, 0.1) is 12.7 Å². The molecule has 1 N–H and O–H groups in total. The molecule has 6 heteroatoms. The molecule has 12 heavy (non-hydrogen) atoms. The van der Waals surface area contributed by atoms with Crippen LogP contribution in [0, 0.1) is 0 Å². The maximum atomic E-state index is 10.7. The summed E-state index contributed by atoms with van der Waals surface area (Å²) in [7, 11) is 0. The number of allylic oxidation sites excluding steroid dienone is 1. The smallest absolute Gasteiger partial charge is 0.334 e. The van der Waals surface area contributed by atoms with Gasteiger partial charge in [0, 0.05) is 0 Å². The molecule has 0 bridgehead atoms.